The standard InChI is InChI=1S/C32H34/c1-31(29-19-11-5-12-20-29,25-23-27-15-7-3-8-16-27)32(2,30-21-13-6-14-22-30)26-24-28-17-9-4-10-18-28/h3-22H,23-26H2,1-2H3. The van der Waals surface area contributed by atoms with Crippen LogP contribution in [0.25, 0.3) is 0 Å². The summed E-state index contributed by atoms with van der Waals surface area (Å²) in [6.45, 7) is 4.98. The van der Waals surface area contributed by atoms with Crippen molar-refractivity contribution in [1.29, 1.82) is 0 Å². The van der Waals surface area contributed by atoms with Crippen LogP contribution in [0.3, 0.4) is 0 Å². The third kappa shape index (κ3) is 4.70. The molecule has 2 atom stereocenters. The average molecular weight is 419 g/mol. The van der Waals surface area contributed by atoms with Crippen LogP contribution in [0, 0.1) is 0 Å². The van der Waals surface area contributed by atoms with Gasteiger partial charge in [-0.3, -0.25) is 0 Å². The molecule has 4 rings (SSSR count). The van der Waals surface area contributed by atoms with Crippen LogP contribution in [0.15, 0.2) is 121 Å². The van der Waals surface area contributed by atoms with Gasteiger partial charge in [-0.05, 0) is 47.9 Å². The minimum absolute atomic E-state index is 0.0137. The first kappa shape index (κ1) is 22.1. The molecule has 0 aliphatic heterocycles. The smallest absolute Gasteiger partial charge is 0.00221 e. The fourth-order valence-corrected chi connectivity index (χ4v) is 5.17. The molecule has 2 unspecified atom stereocenters. The lowest BCUT2D eigenvalue weighted by molar-refractivity contribution is 0.219. The lowest BCUT2D eigenvalue weighted by Crippen LogP contribution is -2.46. The van der Waals surface area contributed by atoms with Gasteiger partial charge in [-0.25, -0.2) is 0 Å². The molecule has 0 aliphatic rings. The highest BCUT2D eigenvalue weighted by Gasteiger charge is 2.46. The van der Waals surface area contributed by atoms with Crippen LogP contribution >= 0.6 is 0 Å². The van der Waals surface area contributed by atoms with Crippen molar-refractivity contribution in [3.05, 3.63) is 144 Å². The van der Waals surface area contributed by atoms with E-state index in [1.807, 2.05) is 0 Å². The summed E-state index contributed by atoms with van der Waals surface area (Å²) in [5, 5.41) is 0. The molecular formula is C32H34. The van der Waals surface area contributed by atoms with Crippen LogP contribution < -0.4 is 0 Å². The third-order valence-electron chi connectivity index (χ3n) is 7.55. The molecule has 0 fully saturated rings. The normalized spacial score (nSPS) is 14.9. The molecule has 162 valence electrons. The summed E-state index contributed by atoms with van der Waals surface area (Å²) >= 11 is 0. The van der Waals surface area contributed by atoms with Crippen molar-refractivity contribution in [3.63, 3.8) is 0 Å². The van der Waals surface area contributed by atoms with Crippen molar-refractivity contribution < 1.29 is 0 Å². The molecule has 0 aliphatic carbocycles. The molecular weight excluding hydrogens is 384 g/mol. The van der Waals surface area contributed by atoms with Gasteiger partial charge in [-0.1, -0.05) is 135 Å². The number of hydrogen-bond donors (Lipinski definition) is 0. The predicted molar refractivity (Wildman–Crippen MR) is 137 cm³/mol. The third-order valence-corrected chi connectivity index (χ3v) is 7.55. The van der Waals surface area contributed by atoms with Crippen LogP contribution in [0.2, 0.25) is 0 Å². The summed E-state index contributed by atoms with van der Waals surface area (Å²) in [7, 11) is 0. The highest BCUT2D eigenvalue weighted by Crippen LogP contribution is 2.49. The maximum absolute atomic E-state index is 2.49. The maximum atomic E-state index is 2.49. The Labute approximate surface area is 194 Å². The molecule has 4 aromatic rings. The molecule has 0 saturated heterocycles. The molecule has 0 radical (unpaired) electrons. The van der Waals surface area contributed by atoms with Crippen LogP contribution in [0.5, 0.6) is 0 Å². The molecule has 0 bridgehead atoms. The van der Waals surface area contributed by atoms with E-state index in [-0.39, 0.29) is 10.8 Å². The van der Waals surface area contributed by atoms with Gasteiger partial charge in [-0.15, -0.1) is 0 Å². The van der Waals surface area contributed by atoms with Crippen molar-refractivity contribution in [2.45, 2.75) is 50.4 Å². The minimum Gasteiger partial charge on any atom is -0.0622 e. The first-order valence-corrected chi connectivity index (χ1v) is 11.8. The lowest BCUT2D eigenvalue weighted by atomic mass is 9.55. The first-order valence-electron chi connectivity index (χ1n) is 11.8. The predicted octanol–water partition coefficient (Wildman–Crippen LogP) is 8.17. The van der Waals surface area contributed by atoms with E-state index >= 15 is 0 Å². The fraction of sp³-hybridized carbons (Fsp3) is 0.250. The van der Waals surface area contributed by atoms with Crippen LogP contribution in [-0.2, 0) is 23.7 Å². The average Bonchev–Trinajstić information content (AvgIpc) is 2.88. The van der Waals surface area contributed by atoms with Gasteiger partial charge in [0.2, 0.25) is 0 Å². The number of rotatable bonds is 9. The Balaban J connectivity index is 1.76. The molecule has 32 heavy (non-hydrogen) atoms. The molecule has 0 amide bonds. The van der Waals surface area contributed by atoms with Crippen molar-refractivity contribution in [3.8, 4) is 0 Å². The maximum Gasteiger partial charge on any atom is 0.00221 e. The van der Waals surface area contributed by atoms with E-state index in [1.165, 1.54) is 22.3 Å². The first-order chi connectivity index (χ1) is 15.6. The highest BCUT2D eigenvalue weighted by atomic mass is 14.5. The van der Waals surface area contributed by atoms with E-state index in [9.17, 15) is 0 Å². The van der Waals surface area contributed by atoms with E-state index in [0.717, 1.165) is 25.7 Å². The Morgan fingerprint density at radius 1 is 0.406 bits per heavy atom. The molecule has 0 heterocycles. The zero-order valence-corrected chi connectivity index (χ0v) is 19.4. The van der Waals surface area contributed by atoms with Crippen LogP contribution in [-0.4, -0.2) is 0 Å². The Morgan fingerprint density at radius 3 is 1.00 bits per heavy atom. The van der Waals surface area contributed by atoms with E-state index in [1.54, 1.807) is 0 Å². The number of aryl methyl sites for hydroxylation is 2. The Hall–Kier alpha value is -3.12. The van der Waals surface area contributed by atoms with Gasteiger partial charge in [0, 0.05) is 10.8 Å². The molecule has 0 saturated carbocycles. The molecule has 0 N–H and O–H groups in total. The van der Waals surface area contributed by atoms with Crippen LogP contribution in [0.4, 0.5) is 0 Å². The van der Waals surface area contributed by atoms with Crippen molar-refractivity contribution in [2.75, 3.05) is 0 Å². The zero-order valence-electron chi connectivity index (χ0n) is 19.4. The van der Waals surface area contributed by atoms with E-state index in [4.69, 9.17) is 0 Å². The highest BCUT2D eigenvalue weighted by molar-refractivity contribution is 5.38. The van der Waals surface area contributed by atoms with E-state index in [0.29, 0.717) is 0 Å². The van der Waals surface area contributed by atoms with Gasteiger partial charge < -0.3 is 0 Å². The van der Waals surface area contributed by atoms with Gasteiger partial charge in [0.1, 0.15) is 0 Å². The second-order valence-corrected chi connectivity index (χ2v) is 9.37. The number of hydrogen-bond acceptors (Lipinski definition) is 0. The largest absolute Gasteiger partial charge is 0.0622 e. The van der Waals surface area contributed by atoms with Gasteiger partial charge in [0.05, 0.1) is 0 Å². The van der Waals surface area contributed by atoms with Crippen molar-refractivity contribution >= 4 is 0 Å². The SMILES string of the molecule is CC(CCc1ccccc1)(c1ccccc1)C(C)(CCc1ccccc1)c1ccccc1. The van der Waals surface area contributed by atoms with Gasteiger partial charge in [-0.2, -0.15) is 0 Å². The molecule has 0 nitrogen and oxygen atoms in total. The minimum atomic E-state index is -0.0137. The quantitative estimate of drug-likeness (QED) is 0.257. The molecule has 0 aromatic heterocycles. The topological polar surface area (TPSA) is 0 Å². The summed E-state index contributed by atoms with van der Waals surface area (Å²) in [4.78, 5) is 0. The summed E-state index contributed by atoms with van der Waals surface area (Å²) in [5.41, 5.74) is 5.65. The Bertz CT molecular complexity index is 979. The fourth-order valence-electron chi connectivity index (χ4n) is 5.17. The van der Waals surface area contributed by atoms with Crippen LogP contribution in [0.1, 0.15) is 48.9 Å². The van der Waals surface area contributed by atoms with E-state index < -0.39 is 0 Å². The summed E-state index contributed by atoms with van der Waals surface area (Å²) in [5.74, 6) is 0. The Morgan fingerprint density at radius 2 is 0.688 bits per heavy atom. The summed E-state index contributed by atoms with van der Waals surface area (Å²) in [6.07, 6.45) is 4.34. The summed E-state index contributed by atoms with van der Waals surface area (Å²) in [6, 6.07) is 44.2. The second kappa shape index (κ2) is 10.0. The van der Waals surface area contributed by atoms with Crippen molar-refractivity contribution in [2.24, 2.45) is 0 Å². The molecule has 0 heteroatoms. The lowest BCUT2D eigenvalue weighted by Gasteiger charge is -2.48. The van der Waals surface area contributed by atoms with Gasteiger partial charge in [0.15, 0.2) is 0 Å². The Kier molecular flexibility index (Phi) is 6.90. The second-order valence-electron chi connectivity index (χ2n) is 9.37. The van der Waals surface area contributed by atoms with Gasteiger partial charge >= 0.3 is 0 Å². The molecule has 4 aromatic carbocycles. The number of benzene rings is 4. The van der Waals surface area contributed by atoms with Gasteiger partial charge in [0.25, 0.3) is 0 Å². The monoisotopic (exact) mass is 418 g/mol. The van der Waals surface area contributed by atoms with Crippen molar-refractivity contribution in [1.82, 2.24) is 0 Å². The summed E-state index contributed by atoms with van der Waals surface area (Å²) < 4.78 is 0. The molecule has 0 spiro atoms. The zero-order chi connectivity index (χ0) is 22.3. The van der Waals surface area contributed by atoms with E-state index in [2.05, 4.69) is 135 Å².